The standard InChI is InChI=1S/C19H17ClN2O2/c1-11-7-12(2)16(13(3)8-11)22-19(23)17-18(24-10-21-17)14-5-4-6-15(20)9-14/h4-10H,1-3H3,(H,22,23). The number of aromatic nitrogens is 1. The Labute approximate surface area is 145 Å². The predicted octanol–water partition coefficient (Wildman–Crippen LogP) is 5.17. The molecule has 0 saturated heterocycles. The Bertz CT molecular complexity index is 892. The lowest BCUT2D eigenvalue weighted by Gasteiger charge is -2.12. The van der Waals surface area contributed by atoms with Gasteiger partial charge in [0.25, 0.3) is 5.91 Å². The average molecular weight is 341 g/mol. The number of carbonyl (C=O) groups excluding carboxylic acids is 1. The van der Waals surface area contributed by atoms with Crippen LogP contribution < -0.4 is 5.32 Å². The first kappa shape index (κ1) is 16.3. The second-order valence-electron chi connectivity index (χ2n) is 5.77. The third-order valence-corrected chi connectivity index (χ3v) is 4.02. The van der Waals surface area contributed by atoms with E-state index in [0.29, 0.717) is 16.3 Å². The van der Waals surface area contributed by atoms with Crippen LogP contribution in [0, 0.1) is 20.8 Å². The highest BCUT2D eigenvalue weighted by Crippen LogP contribution is 2.27. The van der Waals surface area contributed by atoms with E-state index in [-0.39, 0.29) is 11.6 Å². The van der Waals surface area contributed by atoms with Crippen molar-refractivity contribution in [1.29, 1.82) is 0 Å². The van der Waals surface area contributed by atoms with Crippen LogP contribution >= 0.6 is 11.6 Å². The predicted molar refractivity (Wildman–Crippen MR) is 95.6 cm³/mol. The lowest BCUT2D eigenvalue weighted by Crippen LogP contribution is -2.15. The van der Waals surface area contributed by atoms with Crippen LogP contribution in [0.2, 0.25) is 5.02 Å². The minimum atomic E-state index is -0.311. The van der Waals surface area contributed by atoms with Gasteiger partial charge in [-0.15, -0.1) is 0 Å². The summed E-state index contributed by atoms with van der Waals surface area (Å²) in [6.07, 6.45) is 1.26. The van der Waals surface area contributed by atoms with E-state index in [2.05, 4.69) is 10.3 Å². The Morgan fingerprint density at radius 1 is 1.12 bits per heavy atom. The van der Waals surface area contributed by atoms with Crippen LogP contribution in [0.1, 0.15) is 27.2 Å². The minimum Gasteiger partial charge on any atom is -0.443 e. The molecule has 1 aromatic heterocycles. The molecule has 2 aromatic carbocycles. The van der Waals surface area contributed by atoms with Crippen LogP contribution in [-0.2, 0) is 0 Å². The first-order chi connectivity index (χ1) is 11.5. The van der Waals surface area contributed by atoms with Crippen molar-refractivity contribution in [2.45, 2.75) is 20.8 Å². The molecule has 24 heavy (non-hydrogen) atoms. The van der Waals surface area contributed by atoms with Gasteiger partial charge in [0.15, 0.2) is 17.8 Å². The maximum atomic E-state index is 12.7. The van der Waals surface area contributed by atoms with Crippen LogP contribution in [0.5, 0.6) is 0 Å². The molecule has 1 amide bonds. The van der Waals surface area contributed by atoms with Crippen LogP contribution in [0.3, 0.4) is 0 Å². The van der Waals surface area contributed by atoms with E-state index in [1.807, 2.05) is 39.0 Å². The molecule has 0 spiro atoms. The first-order valence-corrected chi connectivity index (χ1v) is 7.92. The molecule has 1 N–H and O–H groups in total. The molecule has 0 fully saturated rings. The lowest BCUT2D eigenvalue weighted by atomic mass is 10.0. The van der Waals surface area contributed by atoms with Crippen LogP contribution in [0.4, 0.5) is 5.69 Å². The SMILES string of the molecule is Cc1cc(C)c(NC(=O)c2ncoc2-c2cccc(Cl)c2)c(C)c1. The zero-order chi connectivity index (χ0) is 17.3. The summed E-state index contributed by atoms with van der Waals surface area (Å²) < 4.78 is 5.41. The molecule has 0 aliphatic heterocycles. The molecule has 1 heterocycles. The normalized spacial score (nSPS) is 10.7. The van der Waals surface area contributed by atoms with Gasteiger partial charge in [0.2, 0.25) is 0 Å². The molecule has 3 aromatic rings. The summed E-state index contributed by atoms with van der Waals surface area (Å²) in [5.41, 5.74) is 4.91. The van der Waals surface area contributed by atoms with Gasteiger partial charge in [-0.3, -0.25) is 4.79 Å². The van der Waals surface area contributed by atoms with E-state index < -0.39 is 0 Å². The monoisotopic (exact) mass is 340 g/mol. The molecule has 0 atom stereocenters. The average Bonchev–Trinajstić information content (AvgIpc) is 3.00. The number of hydrogen-bond acceptors (Lipinski definition) is 3. The van der Waals surface area contributed by atoms with Crippen LogP contribution in [0.25, 0.3) is 11.3 Å². The van der Waals surface area contributed by atoms with E-state index in [0.717, 1.165) is 22.4 Å². The third kappa shape index (κ3) is 3.19. The summed E-state index contributed by atoms with van der Waals surface area (Å²) >= 11 is 6.02. The van der Waals surface area contributed by atoms with Gasteiger partial charge in [0, 0.05) is 16.3 Å². The molecule has 0 unspecified atom stereocenters. The fourth-order valence-electron chi connectivity index (χ4n) is 2.79. The summed E-state index contributed by atoms with van der Waals surface area (Å²) in [4.78, 5) is 16.8. The van der Waals surface area contributed by atoms with Crippen molar-refractivity contribution >= 4 is 23.2 Å². The highest BCUT2D eigenvalue weighted by Gasteiger charge is 2.20. The van der Waals surface area contributed by atoms with Crippen molar-refractivity contribution in [3.05, 3.63) is 70.2 Å². The molecule has 4 nitrogen and oxygen atoms in total. The van der Waals surface area contributed by atoms with Gasteiger partial charge in [-0.2, -0.15) is 0 Å². The molecular weight excluding hydrogens is 324 g/mol. The van der Waals surface area contributed by atoms with Crippen molar-refractivity contribution in [2.75, 3.05) is 5.32 Å². The summed E-state index contributed by atoms with van der Waals surface area (Å²) in [6.45, 7) is 5.97. The van der Waals surface area contributed by atoms with E-state index in [9.17, 15) is 4.79 Å². The van der Waals surface area contributed by atoms with Crippen molar-refractivity contribution in [3.8, 4) is 11.3 Å². The first-order valence-electron chi connectivity index (χ1n) is 7.54. The van der Waals surface area contributed by atoms with E-state index in [1.165, 1.54) is 6.39 Å². The molecule has 0 saturated carbocycles. The molecular formula is C19H17ClN2O2. The summed E-state index contributed by atoms with van der Waals surface area (Å²) in [7, 11) is 0. The van der Waals surface area contributed by atoms with Gasteiger partial charge in [-0.25, -0.2) is 4.98 Å². The highest BCUT2D eigenvalue weighted by molar-refractivity contribution is 6.30. The van der Waals surface area contributed by atoms with Gasteiger partial charge in [0.1, 0.15) is 0 Å². The fourth-order valence-corrected chi connectivity index (χ4v) is 2.98. The van der Waals surface area contributed by atoms with Crippen LogP contribution in [0.15, 0.2) is 47.2 Å². The van der Waals surface area contributed by atoms with Gasteiger partial charge in [0.05, 0.1) is 0 Å². The number of benzene rings is 2. The summed E-state index contributed by atoms with van der Waals surface area (Å²) in [5.74, 6) is 0.0891. The number of carbonyl (C=O) groups is 1. The minimum absolute atomic E-state index is 0.233. The van der Waals surface area contributed by atoms with Crippen molar-refractivity contribution in [3.63, 3.8) is 0 Å². The van der Waals surface area contributed by atoms with E-state index in [4.69, 9.17) is 16.0 Å². The molecule has 0 bridgehead atoms. The smallest absolute Gasteiger partial charge is 0.278 e. The molecule has 0 aliphatic carbocycles. The Morgan fingerprint density at radius 3 is 2.50 bits per heavy atom. The van der Waals surface area contributed by atoms with Crippen LogP contribution in [-0.4, -0.2) is 10.9 Å². The lowest BCUT2D eigenvalue weighted by molar-refractivity contribution is 0.102. The zero-order valence-electron chi connectivity index (χ0n) is 13.7. The molecule has 122 valence electrons. The maximum absolute atomic E-state index is 12.7. The number of nitrogens with zero attached hydrogens (tertiary/aromatic N) is 1. The number of rotatable bonds is 3. The number of nitrogens with one attached hydrogen (secondary N) is 1. The number of hydrogen-bond donors (Lipinski definition) is 1. The topological polar surface area (TPSA) is 55.1 Å². The highest BCUT2D eigenvalue weighted by atomic mass is 35.5. The van der Waals surface area contributed by atoms with Gasteiger partial charge in [-0.1, -0.05) is 41.4 Å². The second kappa shape index (κ2) is 6.49. The Balaban J connectivity index is 1.94. The third-order valence-electron chi connectivity index (χ3n) is 3.78. The van der Waals surface area contributed by atoms with E-state index in [1.54, 1.807) is 18.2 Å². The van der Waals surface area contributed by atoms with E-state index >= 15 is 0 Å². The van der Waals surface area contributed by atoms with Gasteiger partial charge in [-0.05, 0) is 44.0 Å². The summed E-state index contributed by atoms with van der Waals surface area (Å²) in [5, 5.41) is 3.51. The molecule has 0 radical (unpaired) electrons. The van der Waals surface area contributed by atoms with Crippen molar-refractivity contribution in [1.82, 2.24) is 4.98 Å². The molecule has 0 aliphatic rings. The quantitative estimate of drug-likeness (QED) is 0.715. The Hall–Kier alpha value is -2.59. The zero-order valence-corrected chi connectivity index (χ0v) is 14.4. The van der Waals surface area contributed by atoms with Gasteiger partial charge < -0.3 is 9.73 Å². The number of oxazole rings is 1. The second-order valence-corrected chi connectivity index (χ2v) is 6.20. The Morgan fingerprint density at radius 2 is 1.83 bits per heavy atom. The number of halogens is 1. The maximum Gasteiger partial charge on any atom is 0.278 e. The van der Waals surface area contributed by atoms with Crippen molar-refractivity contribution in [2.24, 2.45) is 0 Å². The van der Waals surface area contributed by atoms with Gasteiger partial charge >= 0.3 is 0 Å². The summed E-state index contributed by atoms with van der Waals surface area (Å²) in [6, 6.07) is 11.2. The number of anilines is 1. The fraction of sp³-hybridized carbons (Fsp3) is 0.158. The largest absolute Gasteiger partial charge is 0.443 e. The molecule has 3 rings (SSSR count). The molecule has 5 heteroatoms. The van der Waals surface area contributed by atoms with Crippen molar-refractivity contribution < 1.29 is 9.21 Å². The number of aryl methyl sites for hydroxylation is 3. The number of amides is 1. The Kier molecular flexibility index (Phi) is 4.40.